The summed E-state index contributed by atoms with van der Waals surface area (Å²) in [7, 11) is 0. The highest BCUT2D eigenvalue weighted by Crippen LogP contribution is 2.29. The van der Waals surface area contributed by atoms with Crippen LogP contribution < -0.4 is 0 Å². The lowest BCUT2D eigenvalue weighted by molar-refractivity contribution is -0.141. The summed E-state index contributed by atoms with van der Waals surface area (Å²) in [6.45, 7) is 3.27. The van der Waals surface area contributed by atoms with Crippen molar-refractivity contribution < 1.29 is 19.4 Å². The summed E-state index contributed by atoms with van der Waals surface area (Å²) in [4.78, 5) is 28.8. The summed E-state index contributed by atoms with van der Waals surface area (Å²) in [6.07, 6.45) is 1.53. The predicted molar refractivity (Wildman–Crippen MR) is 89.1 cm³/mol. The normalized spacial score (nSPS) is 21.6. The van der Waals surface area contributed by atoms with E-state index in [2.05, 4.69) is 0 Å². The lowest BCUT2D eigenvalue weighted by Gasteiger charge is -2.36. The number of hydrogen-bond acceptors (Lipinski definition) is 4. The Labute approximate surface area is 145 Å². The minimum Gasteiger partial charge on any atom is -0.507 e. The largest absolute Gasteiger partial charge is 0.507 e. The highest BCUT2D eigenvalue weighted by Gasteiger charge is 2.33. The molecule has 3 rings (SSSR count). The molecule has 0 unspecified atom stereocenters. The summed E-state index contributed by atoms with van der Waals surface area (Å²) >= 11 is 6.07. The van der Waals surface area contributed by atoms with Crippen molar-refractivity contribution in [3.63, 3.8) is 0 Å². The number of rotatable bonds is 2. The van der Waals surface area contributed by atoms with Gasteiger partial charge in [0.15, 0.2) is 0 Å². The molecule has 2 aliphatic heterocycles. The molecular formula is C17H21ClN2O4. The molecule has 0 saturated carbocycles. The molecule has 7 heteroatoms. The third-order valence-corrected chi connectivity index (χ3v) is 4.90. The molecule has 2 saturated heterocycles. The van der Waals surface area contributed by atoms with Gasteiger partial charge < -0.3 is 19.6 Å². The molecule has 1 aromatic carbocycles. The Balaban J connectivity index is 1.71. The van der Waals surface area contributed by atoms with Crippen LogP contribution in [-0.2, 0) is 9.53 Å². The topological polar surface area (TPSA) is 70.1 Å². The van der Waals surface area contributed by atoms with Crippen LogP contribution in [0.2, 0.25) is 5.02 Å². The van der Waals surface area contributed by atoms with Gasteiger partial charge in [0.2, 0.25) is 5.91 Å². The molecule has 1 aromatic rings. The molecule has 6 nitrogen and oxygen atoms in total. The Kier molecular flexibility index (Phi) is 5.26. The first-order valence-corrected chi connectivity index (χ1v) is 8.59. The first-order valence-electron chi connectivity index (χ1n) is 8.21. The van der Waals surface area contributed by atoms with Crippen LogP contribution in [0.3, 0.4) is 0 Å². The number of carbonyl (C=O) groups excluding carboxylic acids is 2. The van der Waals surface area contributed by atoms with Gasteiger partial charge in [-0.05, 0) is 25.0 Å². The fourth-order valence-electron chi connectivity index (χ4n) is 3.29. The number of morpholine rings is 1. The fraction of sp³-hybridized carbons (Fsp3) is 0.529. The Morgan fingerprint density at radius 1 is 1.17 bits per heavy atom. The number of halogens is 1. The van der Waals surface area contributed by atoms with Gasteiger partial charge in [-0.1, -0.05) is 17.7 Å². The molecular weight excluding hydrogens is 332 g/mol. The van der Waals surface area contributed by atoms with Gasteiger partial charge in [0.1, 0.15) is 5.75 Å². The zero-order chi connectivity index (χ0) is 17.1. The lowest BCUT2D eigenvalue weighted by atomic mass is 9.95. The standard InChI is InChI=1S/C17H21ClN2O4/c18-13-4-1-5-14(21)15(13)17(23)20-6-2-3-12(11-20)16(22)19-7-9-24-10-8-19/h1,4-5,12,21H,2-3,6-11H2/t12-/m1/s1. The number of nitrogens with zero attached hydrogens (tertiary/aromatic N) is 2. The average molecular weight is 353 g/mol. The van der Waals surface area contributed by atoms with Gasteiger partial charge in [-0.25, -0.2) is 0 Å². The molecule has 130 valence electrons. The van der Waals surface area contributed by atoms with Gasteiger partial charge in [-0.15, -0.1) is 0 Å². The number of carbonyl (C=O) groups is 2. The summed E-state index contributed by atoms with van der Waals surface area (Å²) < 4.78 is 5.28. The SMILES string of the molecule is O=C(c1c(O)cccc1Cl)N1CCC[C@@H](C(=O)N2CCOCC2)C1. The molecule has 2 aliphatic rings. The number of benzene rings is 1. The van der Waals surface area contributed by atoms with Crippen LogP contribution in [-0.4, -0.2) is 66.1 Å². The number of hydrogen-bond donors (Lipinski definition) is 1. The average Bonchev–Trinajstić information content (AvgIpc) is 2.61. The third kappa shape index (κ3) is 3.49. The monoisotopic (exact) mass is 352 g/mol. The first kappa shape index (κ1) is 17.0. The maximum absolute atomic E-state index is 12.7. The fourth-order valence-corrected chi connectivity index (χ4v) is 3.54. The van der Waals surface area contributed by atoms with Gasteiger partial charge >= 0.3 is 0 Å². The number of ether oxygens (including phenoxy) is 1. The zero-order valence-corrected chi connectivity index (χ0v) is 14.2. The Morgan fingerprint density at radius 2 is 1.92 bits per heavy atom. The van der Waals surface area contributed by atoms with Crippen LogP contribution in [0, 0.1) is 5.92 Å². The van der Waals surface area contributed by atoms with Crippen molar-refractivity contribution in [1.29, 1.82) is 0 Å². The molecule has 0 aromatic heterocycles. The maximum Gasteiger partial charge on any atom is 0.259 e. The first-order chi connectivity index (χ1) is 11.6. The van der Waals surface area contributed by atoms with E-state index < -0.39 is 0 Å². The van der Waals surface area contributed by atoms with Gasteiger partial charge in [-0.3, -0.25) is 9.59 Å². The zero-order valence-electron chi connectivity index (χ0n) is 13.4. The van der Waals surface area contributed by atoms with Gasteiger partial charge in [-0.2, -0.15) is 0 Å². The molecule has 1 N–H and O–H groups in total. The van der Waals surface area contributed by atoms with Crippen LogP contribution in [0.25, 0.3) is 0 Å². The molecule has 0 spiro atoms. The quantitative estimate of drug-likeness (QED) is 0.880. The van der Waals surface area contributed by atoms with Crippen molar-refractivity contribution >= 4 is 23.4 Å². The van der Waals surface area contributed by atoms with E-state index in [-0.39, 0.29) is 34.1 Å². The molecule has 2 heterocycles. The summed E-state index contributed by atoms with van der Waals surface area (Å²) in [5.41, 5.74) is 0.110. The smallest absolute Gasteiger partial charge is 0.259 e. The molecule has 0 aliphatic carbocycles. The van der Waals surface area contributed by atoms with Crippen molar-refractivity contribution in [1.82, 2.24) is 9.80 Å². The molecule has 24 heavy (non-hydrogen) atoms. The minimum absolute atomic E-state index is 0.0826. The third-order valence-electron chi connectivity index (χ3n) is 4.59. The van der Waals surface area contributed by atoms with E-state index >= 15 is 0 Å². The van der Waals surface area contributed by atoms with Gasteiger partial charge in [0, 0.05) is 26.2 Å². The van der Waals surface area contributed by atoms with Crippen molar-refractivity contribution in [2.75, 3.05) is 39.4 Å². The molecule has 0 radical (unpaired) electrons. The summed E-state index contributed by atoms with van der Waals surface area (Å²) in [5.74, 6) is -0.573. The van der Waals surface area contributed by atoms with Crippen molar-refractivity contribution in [2.24, 2.45) is 5.92 Å². The van der Waals surface area contributed by atoms with Crippen LogP contribution in [0.1, 0.15) is 23.2 Å². The van der Waals surface area contributed by atoms with Crippen LogP contribution >= 0.6 is 11.6 Å². The second-order valence-electron chi connectivity index (χ2n) is 6.16. The highest BCUT2D eigenvalue weighted by molar-refractivity contribution is 6.34. The van der Waals surface area contributed by atoms with Crippen molar-refractivity contribution in [2.45, 2.75) is 12.8 Å². The second kappa shape index (κ2) is 7.40. The summed E-state index contributed by atoms with van der Waals surface area (Å²) in [6, 6.07) is 4.61. The van der Waals surface area contributed by atoms with Crippen LogP contribution in [0.15, 0.2) is 18.2 Å². The Bertz CT molecular complexity index is 611. The van der Waals surface area contributed by atoms with E-state index in [1.54, 1.807) is 17.0 Å². The minimum atomic E-state index is -0.322. The molecule has 2 amide bonds. The van der Waals surface area contributed by atoms with E-state index in [1.165, 1.54) is 6.07 Å². The van der Waals surface area contributed by atoms with Gasteiger partial charge in [0.25, 0.3) is 5.91 Å². The van der Waals surface area contributed by atoms with Crippen LogP contribution in [0.5, 0.6) is 5.75 Å². The maximum atomic E-state index is 12.7. The number of phenols is 1. The van der Waals surface area contributed by atoms with E-state index in [9.17, 15) is 14.7 Å². The van der Waals surface area contributed by atoms with Crippen LogP contribution in [0.4, 0.5) is 0 Å². The van der Waals surface area contributed by atoms with Gasteiger partial charge in [0.05, 0.1) is 29.7 Å². The lowest BCUT2D eigenvalue weighted by Crippen LogP contribution is -2.49. The number of amides is 2. The molecule has 0 bridgehead atoms. The van der Waals surface area contributed by atoms with E-state index in [0.29, 0.717) is 39.4 Å². The van der Waals surface area contributed by atoms with E-state index in [1.807, 2.05) is 4.90 Å². The number of piperidine rings is 1. The highest BCUT2D eigenvalue weighted by atomic mass is 35.5. The second-order valence-corrected chi connectivity index (χ2v) is 6.57. The van der Waals surface area contributed by atoms with E-state index in [0.717, 1.165) is 12.8 Å². The molecule has 1 atom stereocenters. The van der Waals surface area contributed by atoms with Crippen molar-refractivity contribution in [3.05, 3.63) is 28.8 Å². The Hall–Kier alpha value is -1.79. The number of phenolic OH excluding ortho intramolecular Hbond substituents is 1. The predicted octanol–water partition coefficient (Wildman–Crippen LogP) is 1.76. The van der Waals surface area contributed by atoms with Crippen molar-refractivity contribution in [3.8, 4) is 5.75 Å². The number of aromatic hydroxyl groups is 1. The summed E-state index contributed by atoms with van der Waals surface area (Å²) in [5, 5.41) is 10.2. The van der Waals surface area contributed by atoms with E-state index in [4.69, 9.17) is 16.3 Å². The Morgan fingerprint density at radius 3 is 2.62 bits per heavy atom. The number of likely N-dealkylation sites (tertiary alicyclic amines) is 1. The molecule has 2 fully saturated rings.